The zero-order valence-corrected chi connectivity index (χ0v) is 28.3. The van der Waals surface area contributed by atoms with Gasteiger partial charge in [-0.25, -0.2) is 4.98 Å². The maximum Gasteiger partial charge on any atom is 0.227 e. The summed E-state index contributed by atoms with van der Waals surface area (Å²) in [5, 5.41) is 6.85. The summed E-state index contributed by atoms with van der Waals surface area (Å²) in [4.78, 5) is 7.32. The first-order valence-corrected chi connectivity index (χ1v) is 17.6. The van der Waals surface area contributed by atoms with E-state index in [0.717, 1.165) is 55.3 Å². The molecule has 0 aliphatic carbocycles. The summed E-state index contributed by atoms with van der Waals surface area (Å²) in [7, 11) is 0. The number of fused-ring (bicyclic) bond motifs is 6. The fourth-order valence-corrected chi connectivity index (χ4v) is 7.61. The highest BCUT2D eigenvalue weighted by Crippen LogP contribution is 2.44. The molecule has 0 saturated carbocycles. The van der Waals surface area contributed by atoms with Crippen LogP contribution < -0.4 is 4.90 Å². The molecule has 0 spiro atoms. The Balaban J connectivity index is 1.25. The van der Waals surface area contributed by atoms with Gasteiger partial charge in [-0.3, -0.25) is 0 Å². The van der Waals surface area contributed by atoms with Crippen molar-refractivity contribution in [3.63, 3.8) is 0 Å². The van der Waals surface area contributed by atoms with Gasteiger partial charge in [-0.1, -0.05) is 133 Å². The maximum atomic E-state index is 6.67. The van der Waals surface area contributed by atoms with Gasteiger partial charge in [0.1, 0.15) is 5.52 Å². The molecule has 244 valence electrons. The lowest BCUT2D eigenvalue weighted by molar-refractivity contribution is 0.623. The Hall–Kier alpha value is -6.97. The van der Waals surface area contributed by atoms with E-state index >= 15 is 0 Å². The fourth-order valence-electron chi connectivity index (χ4n) is 7.61. The molecule has 0 atom stereocenters. The largest absolute Gasteiger partial charge is 0.435 e. The van der Waals surface area contributed by atoms with Gasteiger partial charge in [-0.05, 0) is 110 Å². The first-order valence-electron chi connectivity index (χ1n) is 17.6. The summed E-state index contributed by atoms with van der Waals surface area (Å²) in [5.74, 6) is 0.621. The first-order chi connectivity index (χ1) is 25.8. The Labute approximate surface area is 301 Å². The van der Waals surface area contributed by atoms with Gasteiger partial charge < -0.3 is 9.32 Å². The van der Waals surface area contributed by atoms with Gasteiger partial charge in [0.05, 0.1) is 0 Å². The molecule has 9 aromatic carbocycles. The number of oxazole rings is 1. The maximum absolute atomic E-state index is 6.67. The van der Waals surface area contributed by atoms with Crippen molar-refractivity contribution in [3.8, 4) is 33.7 Å². The fraction of sp³-hybridized carbons (Fsp3) is 0. The minimum absolute atomic E-state index is 0.621. The van der Waals surface area contributed by atoms with Crippen molar-refractivity contribution < 1.29 is 4.42 Å². The first kappa shape index (κ1) is 29.9. The van der Waals surface area contributed by atoms with E-state index in [2.05, 4.69) is 169 Å². The summed E-state index contributed by atoms with van der Waals surface area (Å²) in [6.07, 6.45) is 0. The topological polar surface area (TPSA) is 29.3 Å². The van der Waals surface area contributed by atoms with Gasteiger partial charge >= 0.3 is 0 Å². The average Bonchev–Trinajstić information content (AvgIpc) is 3.66. The normalized spacial score (nSPS) is 11.5. The van der Waals surface area contributed by atoms with Crippen LogP contribution in [0, 0.1) is 0 Å². The molecule has 0 N–H and O–H groups in total. The van der Waals surface area contributed by atoms with Crippen LogP contribution >= 0.6 is 0 Å². The number of para-hydroxylation sites is 1. The smallest absolute Gasteiger partial charge is 0.227 e. The molecular weight excluding hydrogens is 633 g/mol. The molecule has 0 aliphatic heterocycles. The number of benzene rings is 9. The van der Waals surface area contributed by atoms with E-state index in [1.807, 2.05) is 30.3 Å². The summed E-state index contributed by atoms with van der Waals surface area (Å²) < 4.78 is 6.67. The summed E-state index contributed by atoms with van der Waals surface area (Å²) in [6, 6.07) is 68.8. The molecule has 1 aromatic heterocycles. The third-order valence-corrected chi connectivity index (χ3v) is 10.0. The van der Waals surface area contributed by atoms with E-state index in [4.69, 9.17) is 9.40 Å². The quantitative estimate of drug-likeness (QED) is 0.166. The molecule has 0 saturated heterocycles. The lowest BCUT2D eigenvalue weighted by Gasteiger charge is -2.27. The van der Waals surface area contributed by atoms with Crippen LogP contribution in [-0.4, -0.2) is 4.98 Å². The molecule has 10 rings (SSSR count). The third kappa shape index (κ3) is 5.10. The molecule has 3 nitrogen and oxygen atoms in total. The minimum atomic E-state index is 0.621. The summed E-state index contributed by atoms with van der Waals surface area (Å²) in [5.41, 5.74) is 10.6. The van der Waals surface area contributed by atoms with Gasteiger partial charge in [0.15, 0.2) is 5.58 Å². The summed E-state index contributed by atoms with van der Waals surface area (Å²) >= 11 is 0. The minimum Gasteiger partial charge on any atom is -0.435 e. The lowest BCUT2D eigenvalue weighted by Crippen LogP contribution is -2.10. The van der Waals surface area contributed by atoms with Crippen molar-refractivity contribution in [1.29, 1.82) is 0 Å². The van der Waals surface area contributed by atoms with Crippen molar-refractivity contribution in [2.45, 2.75) is 0 Å². The highest BCUT2D eigenvalue weighted by molar-refractivity contribution is 6.22. The number of hydrogen-bond donors (Lipinski definition) is 0. The number of anilines is 3. The number of nitrogens with zero attached hydrogens (tertiary/aromatic N) is 2. The van der Waals surface area contributed by atoms with E-state index in [9.17, 15) is 0 Å². The van der Waals surface area contributed by atoms with E-state index in [1.54, 1.807) is 0 Å². The third-order valence-electron chi connectivity index (χ3n) is 10.0. The lowest BCUT2D eigenvalue weighted by atomic mass is 9.92. The molecule has 3 heteroatoms. The van der Waals surface area contributed by atoms with E-state index in [0.29, 0.717) is 5.89 Å². The highest BCUT2D eigenvalue weighted by Gasteiger charge is 2.20. The predicted octanol–water partition coefficient (Wildman–Crippen LogP) is 13.8. The van der Waals surface area contributed by atoms with Gasteiger partial charge in [-0.15, -0.1) is 0 Å². The van der Waals surface area contributed by atoms with Crippen LogP contribution in [-0.2, 0) is 0 Å². The molecular formula is C49H32N2O. The zero-order valence-electron chi connectivity index (χ0n) is 28.3. The van der Waals surface area contributed by atoms with Crippen LogP contribution in [0.25, 0.3) is 77.1 Å². The monoisotopic (exact) mass is 664 g/mol. The number of rotatable bonds is 6. The Morgan fingerprint density at radius 1 is 0.385 bits per heavy atom. The highest BCUT2D eigenvalue weighted by atomic mass is 16.3. The second kappa shape index (κ2) is 12.4. The van der Waals surface area contributed by atoms with Crippen molar-refractivity contribution in [3.05, 3.63) is 194 Å². The Kier molecular flexibility index (Phi) is 7.14. The van der Waals surface area contributed by atoms with Crippen LogP contribution in [0.5, 0.6) is 0 Å². The molecule has 1 heterocycles. The number of hydrogen-bond acceptors (Lipinski definition) is 3. The van der Waals surface area contributed by atoms with Crippen LogP contribution in [0.15, 0.2) is 199 Å². The number of aromatic nitrogens is 1. The predicted molar refractivity (Wildman–Crippen MR) is 218 cm³/mol. The second-order valence-corrected chi connectivity index (χ2v) is 13.2. The van der Waals surface area contributed by atoms with Gasteiger partial charge in [0.25, 0.3) is 0 Å². The van der Waals surface area contributed by atoms with Crippen molar-refractivity contribution in [2.24, 2.45) is 0 Å². The Morgan fingerprint density at radius 3 is 1.69 bits per heavy atom. The van der Waals surface area contributed by atoms with Crippen LogP contribution in [0.2, 0.25) is 0 Å². The van der Waals surface area contributed by atoms with Gasteiger partial charge in [0.2, 0.25) is 5.89 Å². The van der Waals surface area contributed by atoms with Crippen LogP contribution in [0.3, 0.4) is 0 Å². The van der Waals surface area contributed by atoms with Crippen molar-refractivity contribution in [1.82, 2.24) is 4.98 Å². The van der Waals surface area contributed by atoms with Crippen LogP contribution in [0.1, 0.15) is 0 Å². The molecule has 0 bridgehead atoms. The molecule has 0 aliphatic rings. The molecule has 0 fully saturated rings. The molecule has 0 radical (unpaired) electrons. The average molecular weight is 665 g/mol. The molecule has 0 amide bonds. The second-order valence-electron chi connectivity index (χ2n) is 13.2. The molecule has 52 heavy (non-hydrogen) atoms. The van der Waals surface area contributed by atoms with E-state index in [1.165, 1.54) is 33.0 Å². The van der Waals surface area contributed by atoms with Gasteiger partial charge in [0, 0.05) is 28.0 Å². The summed E-state index contributed by atoms with van der Waals surface area (Å²) in [6.45, 7) is 0. The van der Waals surface area contributed by atoms with Gasteiger partial charge in [-0.2, -0.15) is 0 Å². The van der Waals surface area contributed by atoms with Crippen molar-refractivity contribution in [2.75, 3.05) is 4.90 Å². The zero-order chi connectivity index (χ0) is 34.4. The van der Waals surface area contributed by atoms with Crippen molar-refractivity contribution >= 4 is 60.5 Å². The Bertz CT molecular complexity index is 2880. The van der Waals surface area contributed by atoms with Crippen LogP contribution in [0.4, 0.5) is 17.1 Å². The molecule has 0 unspecified atom stereocenters. The molecule has 10 aromatic rings. The van der Waals surface area contributed by atoms with E-state index < -0.39 is 0 Å². The standard InChI is InChI=1S/C49H32N2O/c1-5-14-33(15-6-1)41-23-13-20-35-24-26-39(31-44(35)41)51(38-21-11-4-12-22-38)40-27-28-42-43(34-16-7-2-8-17-34)30-37-25-29-46-48(47(37)45(42)32-40)52-49(50-46)36-18-9-3-10-19-36/h1-32H. The van der Waals surface area contributed by atoms with E-state index in [-0.39, 0.29) is 0 Å². The SMILES string of the molecule is c1ccc(-c2nc3ccc4cc(-c5ccccc5)c5ccc(N(c6ccccc6)c6ccc7cccc(-c8ccccc8)c7c6)cc5c4c3o2)cc1. The Morgan fingerprint density at radius 2 is 0.981 bits per heavy atom.